The summed E-state index contributed by atoms with van der Waals surface area (Å²) in [6, 6.07) is 11.5. The third-order valence-corrected chi connectivity index (χ3v) is 2.74. The van der Waals surface area contributed by atoms with Gasteiger partial charge in [-0.05, 0) is 5.56 Å². The Bertz CT molecular complexity index is 394. The molecule has 0 radical (unpaired) electrons. The molecule has 3 heteroatoms. The Morgan fingerprint density at radius 1 is 1.41 bits per heavy atom. The summed E-state index contributed by atoms with van der Waals surface area (Å²) in [6.45, 7) is 2.23. The van der Waals surface area contributed by atoms with Crippen molar-refractivity contribution < 1.29 is 9.53 Å². The Balaban J connectivity index is 2.87. The maximum absolute atomic E-state index is 12.2. The van der Waals surface area contributed by atoms with Crippen molar-refractivity contribution in [2.24, 2.45) is 5.92 Å². The molecule has 2 unspecified atom stereocenters. The van der Waals surface area contributed by atoms with Crippen molar-refractivity contribution >= 4 is 5.78 Å². The Hall–Kier alpha value is -1.66. The average molecular weight is 231 g/mol. The summed E-state index contributed by atoms with van der Waals surface area (Å²) in [6.07, 6.45) is 0.219. The molecule has 0 spiro atoms. The predicted octanol–water partition coefficient (Wildman–Crippen LogP) is 2.54. The standard InChI is InChI=1S/C14H17NO2/c1-11(10-17-2)14(16)13(8-9-15)12-6-4-3-5-7-12/h3-7,11,13H,8,10H2,1-2H3. The molecule has 2 atom stereocenters. The molecule has 0 amide bonds. The van der Waals surface area contributed by atoms with E-state index in [1.807, 2.05) is 37.3 Å². The molecular weight excluding hydrogens is 214 g/mol. The highest BCUT2D eigenvalue weighted by atomic mass is 16.5. The number of rotatable bonds is 6. The van der Waals surface area contributed by atoms with Crippen LogP contribution in [-0.2, 0) is 9.53 Å². The lowest BCUT2D eigenvalue weighted by atomic mass is 9.86. The zero-order valence-corrected chi connectivity index (χ0v) is 10.2. The van der Waals surface area contributed by atoms with Gasteiger partial charge in [0.2, 0.25) is 0 Å². The zero-order chi connectivity index (χ0) is 12.7. The fraction of sp³-hybridized carbons (Fsp3) is 0.429. The maximum atomic E-state index is 12.2. The van der Waals surface area contributed by atoms with Crippen LogP contribution in [0.4, 0.5) is 0 Å². The van der Waals surface area contributed by atoms with Gasteiger partial charge >= 0.3 is 0 Å². The molecule has 0 aliphatic carbocycles. The van der Waals surface area contributed by atoms with Crippen LogP contribution in [0.3, 0.4) is 0 Å². The van der Waals surface area contributed by atoms with Crippen molar-refractivity contribution in [2.45, 2.75) is 19.3 Å². The second kappa shape index (κ2) is 6.82. The number of methoxy groups -OCH3 is 1. The van der Waals surface area contributed by atoms with Gasteiger partial charge in [-0.25, -0.2) is 0 Å². The second-order valence-corrected chi connectivity index (χ2v) is 4.08. The molecule has 1 aromatic carbocycles. The third-order valence-electron chi connectivity index (χ3n) is 2.74. The monoisotopic (exact) mass is 231 g/mol. The minimum atomic E-state index is -0.341. The van der Waals surface area contributed by atoms with Gasteiger partial charge in [0.05, 0.1) is 18.6 Å². The number of nitriles is 1. The molecule has 0 aliphatic heterocycles. The molecule has 0 heterocycles. The summed E-state index contributed by atoms with van der Waals surface area (Å²) in [4.78, 5) is 12.2. The van der Waals surface area contributed by atoms with Crippen molar-refractivity contribution in [2.75, 3.05) is 13.7 Å². The Morgan fingerprint density at radius 2 is 2.06 bits per heavy atom. The van der Waals surface area contributed by atoms with E-state index in [2.05, 4.69) is 6.07 Å². The predicted molar refractivity (Wildman–Crippen MR) is 65.5 cm³/mol. The molecule has 0 bridgehead atoms. The van der Waals surface area contributed by atoms with Gasteiger partial charge in [0.1, 0.15) is 5.78 Å². The van der Waals surface area contributed by atoms with Gasteiger partial charge in [-0.3, -0.25) is 4.79 Å². The minimum absolute atomic E-state index is 0.0691. The van der Waals surface area contributed by atoms with Crippen LogP contribution in [0, 0.1) is 17.2 Å². The van der Waals surface area contributed by atoms with Gasteiger partial charge < -0.3 is 4.74 Å². The van der Waals surface area contributed by atoms with Crippen LogP contribution >= 0.6 is 0 Å². The second-order valence-electron chi connectivity index (χ2n) is 4.08. The number of carbonyl (C=O) groups excluding carboxylic acids is 1. The molecule has 0 saturated carbocycles. The highest BCUT2D eigenvalue weighted by Gasteiger charge is 2.24. The van der Waals surface area contributed by atoms with Crippen LogP contribution < -0.4 is 0 Å². The highest BCUT2D eigenvalue weighted by molar-refractivity contribution is 5.88. The number of hydrogen-bond donors (Lipinski definition) is 0. The van der Waals surface area contributed by atoms with Gasteiger partial charge in [0, 0.05) is 19.4 Å². The average Bonchev–Trinajstić information content (AvgIpc) is 2.36. The molecule has 0 aliphatic rings. The SMILES string of the molecule is COCC(C)C(=O)C(CC#N)c1ccccc1. The number of benzene rings is 1. The zero-order valence-electron chi connectivity index (χ0n) is 10.2. The molecule has 0 saturated heterocycles. The van der Waals surface area contributed by atoms with Crippen molar-refractivity contribution in [1.82, 2.24) is 0 Å². The normalized spacial score (nSPS) is 13.7. The maximum Gasteiger partial charge on any atom is 0.146 e. The van der Waals surface area contributed by atoms with Gasteiger partial charge in [-0.15, -0.1) is 0 Å². The molecule has 0 fully saturated rings. The quantitative estimate of drug-likeness (QED) is 0.756. The number of ketones is 1. The largest absolute Gasteiger partial charge is 0.384 e. The Morgan fingerprint density at radius 3 is 2.59 bits per heavy atom. The van der Waals surface area contributed by atoms with Crippen LogP contribution in [-0.4, -0.2) is 19.5 Å². The summed E-state index contributed by atoms with van der Waals surface area (Å²) in [7, 11) is 1.57. The van der Waals surface area contributed by atoms with Gasteiger partial charge in [0.25, 0.3) is 0 Å². The molecule has 17 heavy (non-hydrogen) atoms. The lowest BCUT2D eigenvalue weighted by Crippen LogP contribution is -2.23. The van der Waals surface area contributed by atoms with E-state index in [0.717, 1.165) is 5.56 Å². The van der Waals surface area contributed by atoms with E-state index in [9.17, 15) is 4.79 Å². The van der Waals surface area contributed by atoms with E-state index in [-0.39, 0.29) is 24.0 Å². The van der Waals surface area contributed by atoms with Crippen LogP contribution in [0.25, 0.3) is 0 Å². The first-order valence-electron chi connectivity index (χ1n) is 5.65. The minimum Gasteiger partial charge on any atom is -0.384 e. The smallest absolute Gasteiger partial charge is 0.146 e. The first-order valence-corrected chi connectivity index (χ1v) is 5.65. The fourth-order valence-electron chi connectivity index (χ4n) is 1.83. The molecule has 0 aromatic heterocycles. The van der Waals surface area contributed by atoms with Gasteiger partial charge in [0.15, 0.2) is 0 Å². The molecule has 3 nitrogen and oxygen atoms in total. The third kappa shape index (κ3) is 3.69. The van der Waals surface area contributed by atoms with Crippen molar-refractivity contribution in [1.29, 1.82) is 5.26 Å². The summed E-state index contributed by atoms with van der Waals surface area (Å²) in [5.41, 5.74) is 0.905. The first kappa shape index (κ1) is 13.4. The van der Waals surface area contributed by atoms with Crippen LogP contribution in [0.5, 0.6) is 0 Å². The number of ether oxygens (including phenoxy) is 1. The van der Waals surface area contributed by atoms with Crippen LogP contribution in [0.1, 0.15) is 24.8 Å². The van der Waals surface area contributed by atoms with Crippen molar-refractivity contribution in [3.05, 3.63) is 35.9 Å². The van der Waals surface area contributed by atoms with E-state index >= 15 is 0 Å². The Labute approximate surface area is 102 Å². The lowest BCUT2D eigenvalue weighted by molar-refractivity contribution is -0.125. The van der Waals surface area contributed by atoms with Gasteiger partial charge in [-0.2, -0.15) is 5.26 Å². The molecule has 1 aromatic rings. The number of hydrogen-bond acceptors (Lipinski definition) is 3. The molecule has 90 valence electrons. The highest BCUT2D eigenvalue weighted by Crippen LogP contribution is 2.23. The van der Waals surface area contributed by atoms with E-state index in [1.165, 1.54) is 0 Å². The van der Waals surface area contributed by atoms with Crippen molar-refractivity contribution in [3.63, 3.8) is 0 Å². The summed E-state index contributed by atoms with van der Waals surface area (Å²) in [5, 5.41) is 8.83. The van der Waals surface area contributed by atoms with E-state index < -0.39 is 0 Å². The Kier molecular flexibility index (Phi) is 5.38. The summed E-state index contributed by atoms with van der Waals surface area (Å²) in [5.74, 6) is -0.454. The first-order chi connectivity index (χ1) is 8.20. The number of carbonyl (C=O) groups is 1. The fourth-order valence-corrected chi connectivity index (χ4v) is 1.83. The van der Waals surface area contributed by atoms with Crippen molar-refractivity contribution in [3.8, 4) is 6.07 Å². The van der Waals surface area contributed by atoms with E-state index in [1.54, 1.807) is 7.11 Å². The van der Waals surface area contributed by atoms with Crippen LogP contribution in [0.2, 0.25) is 0 Å². The molecule has 0 N–H and O–H groups in total. The molecular formula is C14H17NO2. The lowest BCUT2D eigenvalue weighted by Gasteiger charge is -2.17. The van der Waals surface area contributed by atoms with Gasteiger partial charge in [-0.1, -0.05) is 37.3 Å². The van der Waals surface area contributed by atoms with E-state index in [0.29, 0.717) is 6.61 Å². The summed E-state index contributed by atoms with van der Waals surface area (Å²) >= 11 is 0. The topological polar surface area (TPSA) is 50.1 Å². The van der Waals surface area contributed by atoms with E-state index in [4.69, 9.17) is 10.00 Å². The number of nitrogens with zero attached hydrogens (tertiary/aromatic N) is 1. The number of Topliss-reactive ketones (excluding diaryl/α,β-unsaturated/α-hetero) is 1. The van der Waals surface area contributed by atoms with Crippen LogP contribution in [0.15, 0.2) is 30.3 Å². The molecule has 1 rings (SSSR count). The summed E-state index contributed by atoms with van der Waals surface area (Å²) < 4.78 is 4.99.